The number of imide groups is 1. The molecule has 11 heteroatoms. The van der Waals surface area contributed by atoms with Crippen LogP contribution in [0, 0.1) is 0 Å². The Morgan fingerprint density at radius 2 is 1.78 bits per heavy atom. The molecule has 2 saturated heterocycles. The van der Waals surface area contributed by atoms with E-state index in [9.17, 15) is 19.2 Å². The molecule has 0 saturated carbocycles. The van der Waals surface area contributed by atoms with Gasteiger partial charge in [0.15, 0.2) is 11.5 Å². The summed E-state index contributed by atoms with van der Waals surface area (Å²) in [4.78, 5) is 53.2. The number of carbonyl (C=O) groups is 4. The molecule has 2 fully saturated rings. The van der Waals surface area contributed by atoms with Crippen molar-refractivity contribution in [2.75, 3.05) is 46.6 Å². The largest absolute Gasteiger partial charge is 0.497 e. The number of thioether (sulfide) groups is 1. The van der Waals surface area contributed by atoms with Gasteiger partial charge in [-0.25, -0.2) is 4.79 Å². The zero-order valence-electron chi connectivity index (χ0n) is 20.4. The van der Waals surface area contributed by atoms with E-state index in [0.717, 1.165) is 16.7 Å². The average Bonchev–Trinajstić information content (AvgIpc) is 3.17. The van der Waals surface area contributed by atoms with Gasteiger partial charge >= 0.3 is 5.97 Å². The Kier molecular flexibility index (Phi) is 8.47. The normalized spacial score (nSPS) is 16.8. The molecule has 0 aliphatic carbocycles. The lowest BCUT2D eigenvalue weighted by Gasteiger charge is -2.28. The smallest absolute Gasteiger partial charge is 0.343 e. The molecule has 0 radical (unpaired) electrons. The number of hydrogen-bond donors (Lipinski definition) is 0. The highest BCUT2D eigenvalue weighted by molar-refractivity contribution is 8.18. The van der Waals surface area contributed by atoms with Gasteiger partial charge in [-0.3, -0.25) is 19.3 Å². The van der Waals surface area contributed by atoms with Crippen LogP contribution in [0.3, 0.4) is 0 Å². The standard InChI is InChI=1S/C26H26N2O8S/c1-3-35-21-14-17(4-9-20(21)36-25(31)18-5-7-19(33-2)8-6-18)15-22-24(30)28(26(32)37-22)16-23(29)27-10-12-34-13-11-27/h4-9,14-15H,3,10-13,16H2,1-2H3/b22-15-. The number of hydrogen-bond acceptors (Lipinski definition) is 9. The first-order valence-electron chi connectivity index (χ1n) is 11.6. The van der Waals surface area contributed by atoms with Crippen LogP contribution in [0.1, 0.15) is 22.8 Å². The predicted octanol–water partition coefficient (Wildman–Crippen LogP) is 3.21. The lowest BCUT2D eigenvalue weighted by molar-refractivity contribution is -0.139. The Balaban J connectivity index is 1.47. The molecule has 0 N–H and O–H groups in total. The first-order valence-corrected chi connectivity index (χ1v) is 12.4. The van der Waals surface area contributed by atoms with E-state index in [1.54, 1.807) is 60.4 Å². The maximum absolute atomic E-state index is 12.9. The van der Waals surface area contributed by atoms with Gasteiger partial charge in [-0.15, -0.1) is 0 Å². The monoisotopic (exact) mass is 526 g/mol. The molecule has 3 amide bonds. The second kappa shape index (κ2) is 11.9. The van der Waals surface area contributed by atoms with E-state index in [1.807, 2.05) is 0 Å². The van der Waals surface area contributed by atoms with Crippen LogP contribution in [0.5, 0.6) is 17.2 Å². The Morgan fingerprint density at radius 3 is 2.46 bits per heavy atom. The minimum atomic E-state index is -0.567. The van der Waals surface area contributed by atoms with Crippen molar-refractivity contribution in [3.05, 3.63) is 58.5 Å². The summed E-state index contributed by atoms with van der Waals surface area (Å²) in [6.45, 7) is 3.52. The van der Waals surface area contributed by atoms with Gasteiger partial charge < -0.3 is 23.8 Å². The van der Waals surface area contributed by atoms with Crippen LogP contribution in [0.25, 0.3) is 6.08 Å². The van der Waals surface area contributed by atoms with E-state index >= 15 is 0 Å². The molecule has 0 unspecified atom stereocenters. The van der Waals surface area contributed by atoms with Gasteiger partial charge in [0.05, 0.1) is 37.4 Å². The molecule has 2 aromatic rings. The topological polar surface area (TPSA) is 112 Å². The van der Waals surface area contributed by atoms with Crippen molar-refractivity contribution in [3.63, 3.8) is 0 Å². The summed E-state index contributed by atoms with van der Waals surface area (Å²) in [5.41, 5.74) is 0.908. The lowest BCUT2D eigenvalue weighted by atomic mass is 10.1. The molecule has 0 bridgehead atoms. The third kappa shape index (κ3) is 6.30. The molecule has 0 spiro atoms. The number of methoxy groups -OCH3 is 1. The van der Waals surface area contributed by atoms with E-state index < -0.39 is 17.1 Å². The number of esters is 1. The molecule has 37 heavy (non-hydrogen) atoms. The Labute approximate surface area is 218 Å². The molecule has 2 aromatic carbocycles. The predicted molar refractivity (Wildman–Crippen MR) is 136 cm³/mol. The summed E-state index contributed by atoms with van der Waals surface area (Å²) in [5, 5.41) is -0.507. The van der Waals surface area contributed by atoms with Crippen LogP contribution in [0.2, 0.25) is 0 Å². The van der Waals surface area contributed by atoms with E-state index in [4.69, 9.17) is 18.9 Å². The third-order valence-corrected chi connectivity index (χ3v) is 6.53. The van der Waals surface area contributed by atoms with Gasteiger partial charge in [0.2, 0.25) is 5.91 Å². The van der Waals surface area contributed by atoms with E-state index in [0.29, 0.717) is 55.5 Å². The van der Waals surface area contributed by atoms with Crippen LogP contribution in [-0.4, -0.2) is 79.4 Å². The van der Waals surface area contributed by atoms with Crippen molar-refractivity contribution in [2.45, 2.75) is 6.92 Å². The maximum Gasteiger partial charge on any atom is 0.343 e. The summed E-state index contributed by atoms with van der Waals surface area (Å²) in [6, 6.07) is 11.3. The first kappa shape index (κ1) is 26.2. The van der Waals surface area contributed by atoms with Gasteiger partial charge in [-0.1, -0.05) is 6.07 Å². The molecular weight excluding hydrogens is 500 g/mol. The molecule has 0 atom stereocenters. The minimum absolute atomic E-state index is 0.185. The average molecular weight is 527 g/mol. The summed E-state index contributed by atoms with van der Waals surface area (Å²) in [6.07, 6.45) is 1.54. The highest BCUT2D eigenvalue weighted by Crippen LogP contribution is 2.35. The number of ether oxygens (including phenoxy) is 4. The number of nitrogens with zero attached hydrogens (tertiary/aromatic N) is 2. The van der Waals surface area contributed by atoms with E-state index in [1.165, 1.54) is 7.11 Å². The lowest BCUT2D eigenvalue weighted by Crippen LogP contribution is -2.46. The molecule has 0 aromatic heterocycles. The fourth-order valence-electron chi connectivity index (χ4n) is 3.69. The molecular formula is C26H26N2O8S. The fourth-order valence-corrected chi connectivity index (χ4v) is 4.53. The van der Waals surface area contributed by atoms with Gasteiger partial charge in [-0.2, -0.15) is 0 Å². The van der Waals surface area contributed by atoms with Crippen LogP contribution in [-0.2, 0) is 14.3 Å². The molecule has 2 aliphatic rings. The molecule has 4 rings (SSSR count). The van der Waals surface area contributed by atoms with E-state index in [-0.39, 0.29) is 23.1 Å². The van der Waals surface area contributed by atoms with Crippen molar-refractivity contribution in [1.29, 1.82) is 0 Å². The van der Waals surface area contributed by atoms with Crippen LogP contribution in [0.4, 0.5) is 4.79 Å². The van der Waals surface area contributed by atoms with Gasteiger partial charge in [0.25, 0.3) is 11.1 Å². The number of amides is 3. The SMILES string of the molecule is CCOc1cc(/C=C2\SC(=O)N(CC(=O)N3CCOCC3)C2=O)ccc1OC(=O)c1ccc(OC)cc1. The molecule has 2 aliphatic heterocycles. The van der Waals surface area contributed by atoms with Crippen molar-refractivity contribution < 1.29 is 38.1 Å². The van der Waals surface area contributed by atoms with E-state index in [2.05, 4.69) is 0 Å². The zero-order valence-corrected chi connectivity index (χ0v) is 21.2. The maximum atomic E-state index is 12.9. The number of rotatable bonds is 8. The molecule has 10 nitrogen and oxygen atoms in total. The second-order valence-electron chi connectivity index (χ2n) is 8.02. The molecule has 194 valence electrons. The molecule has 2 heterocycles. The Hall–Kier alpha value is -3.83. The highest BCUT2D eigenvalue weighted by Gasteiger charge is 2.37. The number of carbonyl (C=O) groups excluding carboxylic acids is 4. The minimum Gasteiger partial charge on any atom is -0.497 e. The number of benzene rings is 2. The van der Waals surface area contributed by atoms with Crippen LogP contribution in [0.15, 0.2) is 47.4 Å². The zero-order chi connectivity index (χ0) is 26.4. The van der Waals surface area contributed by atoms with Crippen molar-refractivity contribution >= 4 is 40.9 Å². The van der Waals surface area contributed by atoms with Crippen LogP contribution < -0.4 is 14.2 Å². The summed E-state index contributed by atoms with van der Waals surface area (Å²) >= 11 is 0.766. The summed E-state index contributed by atoms with van der Waals surface area (Å²) in [7, 11) is 1.54. The van der Waals surface area contributed by atoms with Gasteiger partial charge in [-0.05, 0) is 66.7 Å². The van der Waals surface area contributed by atoms with Gasteiger partial charge in [0, 0.05) is 13.1 Å². The first-order chi connectivity index (χ1) is 17.9. The third-order valence-electron chi connectivity index (χ3n) is 5.62. The summed E-state index contributed by atoms with van der Waals surface area (Å²) < 4.78 is 21.5. The highest BCUT2D eigenvalue weighted by atomic mass is 32.2. The van der Waals surface area contributed by atoms with Crippen molar-refractivity contribution in [2.24, 2.45) is 0 Å². The van der Waals surface area contributed by atoms with Gasteiger partial charge in [0.1, 0.15) is 12.3 Å². The second-order valence-corrected chi connectivity index (χ2v) is 9.01. The Morgan fingerprint density at radius 1 is 1.05 bits per heavy atom. The van der Waals surface area contributed by atoms with Crippen molar-refractivity contribution in [3.8, 4) is 17.2 Å². The Bertz CT molecular complexity index is 1220. The van der Waals surface area contributed by atoms with Crippen LogP contribution >= 0.6 is 11.8 Å². The van der Waals surface area contributed by atoms with Crippen molar-refractivity contribution in [1.82, 2.24) is 9.80 Å². The fraction of sp³-hybridized carbons (Fsp3) is 0.308. The number of morpholine rings is 1. The quantitative estimate of drug-likeness (QED) is 0.291. The summed E-state index contributed by atoms with van der Waals surface area (Å²) in [5.74, 6) is -0.268.